The molecule has 2 aromatic rings. The van der Waals surface area contributed by atoms with E-state index in [1.807, 2.05) is 0 Å². The summed E-state index contributed by atoms with van der Waals surface area (Å²) in [6, 6.07) is 10.8. The molecule has 0 aliphatic heterocycles. The van der Waals surface area contributed by atoms with E-state index in [1.165, 1.54) is 25.3 Å². The molecule has 1 unspecified atom stereocenters. The van der Waals surface area contributed by atoms with Gasteiger partial charge in [-0.25, -0.2) is 8.78 Å². The molecule has 0 radical (unpaired) electrons. The van der Waals surface area contributed by atoms with E-state index in [0.717, 1.165) is 0 Å². The van der Waals surface area contributed by atoms with E-state index in [-0.39, 0.29) is 24.1 Å². The summed E-state index contributed by atoms with van der Waals surface area (Å²) >= 11 is 0. The smallest absolute Gasteiger partial charge is 0.126 e. The van der Waals surface area contributed by atoms with Gasteiger partial charge in [0.05, 0.1) is 7.11 Å². The Balaban J connectivity index is 2.33. The predicted octanol–water partition coefficient (Wildman–Crippen LogP) is 3.26. The van der Waals surface area contributed by atoms with E-state index in [0.29, 0.717) is 23.3 Å². The summed E-state index contributed by atoms with van der Waals surface area (Å²) in [5.74, 6) is -0.259. The first kappa shape index (κ1) is 14.5. The van der Waals surface area contributed by atoms with Crippen LogP contribution in [-0.2, 0) is 6.42 Å². The summed E-state index contributed by atoms with van der Waals surface area (Å²) in [4.78, 5) is 0. The Morgan fingerprint density at radius 3 is 2.55 bits per heavy atom. The minimum absolute atomic E-state index is 0.197. The maximum absolute atomic E-state index is 13.7. The monoisotopic (exact) mass is 277 g/mol. The van der Waals surface area contributed by atoms with Crippen LogP contribution in [0.4, 0.5) is 8.78 Å². The number of nitrogens with two attached hydrogens (primary N) is 1. The standard InChI is InChI=1S/C16H17F2NO/c1-20-16-7-6-13(17)9-14(16)12(10-19)8-11-4-2-3-5-15(11)18/h2-7,9,12H,8,10,19H2,1H3. The fourth-order valence-electron chi connectivity index (χ4n) is 2.27. The van der Waals surface area contributed by atoms with Gasteiger partial charge in [-0.2, -0.15) is 0 Å². The topological polar surface area (TPSA) is 35.2 Å². The predicted molar refractivity (Wildman–Crippen MR) is 74.9 cm³/mol. The molecule has 0 saturated carbocycles. The molecule has 0 amide bonds. The molecule has 2 rings (SSSR count). The summed E-state index contributed by atoms with van der Waals surface area (Å²) < 4.78 is 32.4. The van der Waals surface area contributed by atoms with Crippen molar-refractivity contribution in [1.82, 2.24) is 0 Å². The molecule has 4 heteroatoms. The van der Waals surface area contributed by atoms with Crippen molar-refractivity contribution in [1.29, 1.82) is 0 Å². The van der Waals surface area contributed by atoms with E-state index < -0.39 is 0 Å². The Morgan fingerprint density at radius 2 is 1.90 bits per heavy atom. The SMILES string of the molecule is COc1ccc(F)cc1C(CN)Cc1ccccc1F. The average molecular weight is 277 g/mol. The maximum Gasteiger partial charge on any atom is 0.126 e. The molecule has 20 heavy (non-hydrogen) atoms. The van der Waals surface area contributed by atoms with Gasteiger partial charge in [-0.05, 0) is 42.8 Å². The van der Waals surface area contributed by atoms with Crippen LogP contribution in [0.5, 0.6) is 5.75 Å². The number of rotatable bonds is 5. The molecule has 0 spiro atoms. The summed E-state index contributed by atoms with van der Waals surface area (Å²) in [6.45, 7) is 0.286. The minimum Gasteiger partial charge on any atom is -0.496 e. The lowest BCUT2D eigenvalue weighted by atomic mass is 9.91. The summed E-state index contributed by atoms with van der Waals surface area (Å²) in [6.07, 6.45) is 0.406. The van der Waals surface area contributed by atoms with Crippen molar-refractivity contribution in [2.75, 3.05) is 13.7 Å². The van der Waals surface area contributed by atoms with Crippen LogP contribution >= 0.6 is 0 Å². The third-order valence-corrected chi connectivity index (χ3v) is 3.34. The summed E-state index contributed by atoms with van der Waals surface area (Å²) in [5, 5.41) is 0. The molecule has 0 heterocycles. The zero-order valence-electron chi connectivity index (χ0n) is 11.3. The fraction of sp³-hybridized carbons (Fsp3) is 0.250. The summed E-state index contributed by atoms with van der Waals surface area (Å²) in [5.41, 5.74) is 7.01. The second-order valence-electron chi connectivity index (χ2n) is 4.61. The van der Waals surface area contributed by atoms with Crippen LogP contribution in [-0.4, -0.2) is 13.7 Å². The quantitative estimate of drug-likeness (QED) is 0.910. The highest BCUT2D eigenvalue weighted by atomic mass is 19.1. The Morgan fingerprint density at radius 1 is 1.15 bits per heavy atom. The van der Waals surface area contributed by atoms with Gasteiger partial charge in [0.15, 0.2) is 0 Å². The molecule has 106 valence electrons. The number of hydrogen-bond acceptors (Lipinski definition) is 2. The number of halogens is 2. The van der Waals surface area contributed by atoms with Gasteiger partial charge in [-0.15, -0.1) is 0 Å². The minimum atomic E-state index is -0.354. The van der Waals surface area contributed by atoms with Crippen LogP contribution in [0.2, 0.25) is 0 Å². The van der Waals surface area contributed by atoms with Crippen LogP contribution < -0.4 is 10.5 Å². The first-order valence-corrected chi connectivity index (χ1v) is 6.42. The second kappa shape index (κ2) is 6.48. The van der Waals surface area contributed by atoms with E-state index >= 15 is 0 Å². The maximum atomic E-state index is 13.7. The molecule has 0 bridgehead atoms. The van der Waals surface area contributed by atoms with Crippen molar-refractivity contribution in [2.45, 2.75) is 12.3 Å². The largest absolute Gasteiger partial charge is 0.496 e. The van der Waals surface area contributed by atoms with Crippen LogP contribution in [0.25, 0.3) is 0 Å². The van der Waals surface area contributed by atoms with Crippen LogP contribution in [0.15, 0.2) is 42.5 Å². The number of benzene rings is 2. The first-order valence-electron chi connectivity index (χ1n) is 6.42. The van der Waals surface area contributed by atoms with E-state index in [2.05, 4.69) is 0 Å². The van der Waals surface area contributed by atoms with Crippen molar-refractivity contribution in [3.63, 3.8) is 0 Å². The fourth-order valence-corrected chi connectivity index (χ4v) is 2.27. The van der Waals surface area contributed by atoms with Gasteiger partial charge in [0, 0.05) is 11.5 Å². The Labute approximate surface area is 117 Å². The highest BCUT2D eigenvalue weighted by molar-refractivity contribution is 5.38. The molecule has 0 aliphatic rings. The zero-order valence-corrected chi connectivity index (χ0v) is 11.3. The van der Waals surface area contributed by atoms with Crippen molar-refractivity contribution < 1.29 is 13.5 Å². The Bertz CT molecular complexity index is 586. The molecule has 2 N–H and O–H groups in total. The van der Waals surface area contributed by atoms with Gasteiger partial charge in [0.2, 0.25) is 0 Å². The van der Waals surface area contributed by atoms with Crippen LogP contribution in [0.1, 0.15) is 17.0 Å². The molecule has 0 aliphatic carbocycles. The van der Waals surface area contributed by atoms with E-state index in [1.54, 1.807) is 24.3 Å². The molecular weight excluding hydrogens is 260 g/mol. The van der Waals surface area contributed by atoms with Crippen LogP contribution in [0.3, 0.4) is 0 Å². The van der Waals surface area contributed by atoms with E-state index in [4.69, 9.17) is 10.5 Å². The average Bonchev–Trinajstić information content (AvgIpc) is 2.46. The molecule has 2 nitrogen and oxygen atoms in total. The lowest BCUT2D eigenvalue weighted by Crippen LogP contribution is -2.16. The highest BCUT2D eigenvalue weighted by Crippen LogP contribution is 2.30. The third kappa shape index (κ3) is 3.14. The van der Waals surface area contributed by atoms with Gasteiger partial charge in [-0.1, -0.05) is 18.2 Å². The summed E-state index contributed by atoms with van der Waals surface area (Å²) in [7, 11) is 1.52. The normalized spacial score (nSPS) is 12.2. The van der Waals surface area contributed by atoms with Crippen molar-refractivity contribution >= 4 is 0 Å². The van der Waals surface area contributed by atoms with Gasteiger partial charge in [0.1, 0.15) is 17.4 Å². The molecule has 0 fully saturated rings. The van der Waals surface area contributed by atoms with Gasteiger partial charge >= 0.3 is 0 Å². The lowest BCUT2D eigenvalue weighted by Gasteiger charge is -2.18. The molecule has 0 aromatic heterocycles. The van der Waals surface area contributed by atoms with Crippen molar-refractivity contribution in [3.8, 4) is 5.75 Å². The van der Waals surface area contributed by atoms with Gasteiger partial charge in [-0.3, -0.25) is 0 Å². The molecular formula is C16H17F2NO. The van der Waals surface area contributed by atoms with Gasteiger partial charge < -0.3 is 10.5 Å². The lowest BCUT2D eigenvalue weighted by molar-refractivity contribution is 0.403. The third-order valence-electron chi connectivity index (χ3n) is 3.34. The van der Waals surface area contributed by atoms with E-state index in [9.17, 15) is 8.78 Å². The van der Waals surface area contributed by atoms with Crippen LogP contribution in [0, 0.1) is 11.6 Å². The molecule has 0 saturated heterocycles. The second-order valence-corrected chi connectivity index (χ2v) is 4.61. The Kier molecular flexibility index (Phi) is 4.69. The number of ether oxygens (including phenoxy) is 1. The van der Waals surface area contributed by atoms with Crippen molar-refractivity contribution in [3.05, 3.63) is 65.2 Å². The van der Waals surface area contributed by atoms with Crippen molar-refractivity contribution in [2.24, 2.45) is 5.73 Å². The first-order chi connectivity index (χ1) is 9.65. The zero-order chi connectivity index (χ0) is 14.5. The Hall–Kier alpha value is -1.94. The number of methoxy groups -OCH3 is 1. The highest BCUT2D eigenvalue weighted by Gasteiger charge is 2.17. The number of hydrogen-bond donors (Lipinski definition) is 1. The molecule has 2 aromatic carbocycles. The van der Waals surface area contributed by atoms with Gasteiger partial charge in [0.25, 0.3) is 0 Å². The molecule has 1 atom stereocenters.